The fourth-order valence-corrected chi connectivity index (χ4v) is 1.19. The van der Waals surface area contributed by atoms with Gasteiger partial charge in [-0.1, -0.05) is 0 Å². The summed E-state index contributed by atoms with van der Waals surface area (Å²) in [5.74, 6) is 0. The Balaban J connectivity index is 3.95. The molecule has 68 valence electrons. The van der Waals surface area contributed by atoms with E-state index in [1.807, 2.05) is 0 Å². The van der Waals surface area contributed by atoms with Crippen LogP contribution in [0.3, 0.4) is 0 Å². The number of nitrogens with one attached hydrogen (secondary N) is 1. The van der Waals surface area contributed by atoms with Gasteiger partial charge in [0.25, 0.3) is 0 Å². The molecule has 0 saturated heterocycles. The summed E-state index contributed by atoms with van der Waals surface area (Å²) < 4.78 is 36.2. The van der Waals surface area contributed by atoms with Crippen molar-refractivity contribution in [1.82, 2.24) is 4.72 Å². The topological polar surface area (TPSA) is 46.2 Å². The quantitative estimate of drug-likeness (QED) is 0.696. The van der Waals surface area contributed by atoms with E-state index in [0.717, 1.165) is 0 Å². The van der Waals surface area contributed by atoms with Crippen LogP contribution in [0.5, 0.6) is 0 Å². The standard InChI is InChI=1S/C6H14FNO2S/c1-5(2)11(9,10)8-4-6(3)7/h5-6,8H,4H2,1-3H3. The van der Waals surface area contributed by atoms with E-state index in [2.05, 4.69) is 4.72 Å². The van der Waals surface area contributed by atoms with Crippen LogP contribution in [0.15, 0.2) is 0 Å². The number of hydrogen-bond acceptors (Lipinski definition) is 2. The molecular weight excluding hydrogens is 169 g/mol. The van der Waals surface area contributed by atoms with E-state index < -0.39 is 21.4 Å². The summed E-state index contributed by atoms with van der Waals surface area (Å²) in [5.41, 5.74) is 0. The predicted molar refractivity (Wildman–Crippen MR) is 42.6 cm³/mol. The molecule has 0 spiro atoms. The van der Waals surface area contributed by atoms with Crippen molar-refractivity contribution in [2.75, 3.05) is 6.54 Å². The van der Waals surface area contributed by atoms with Crippen LogP contribution in [-0.2, 0) is 10.0 Å². The third-order valence-corrected chi connectivity index (χ3v) is 3.00. The van der Waals surface area contributed by atoms with Gasteiger partial charge in [0.2, 0.25) is 10.0 Å². The third kappa shape index (κ3) is 4.31. The molecule has 1 N–H and O–H groups in total. The zero-order chi connectivity index (χ0) is 9.07. The molecule has 0 saturated carbocycles. The summed E-state index contributed by atoms with van der Waals surface area (Å²) in [6, 6.07) is 0. The molecule has 0 fully saturated rings. The summed E-state index contributed by atoms with van der Waals surface area (Å²) in [6.07, 6.45) is -1.14. The first-order chi connectivity index (χ1) is 4.86. The normalized spacial score (nSPS) is 15.4. The lowest BCUT2D eigenvalue weighted by Crippen LogP contribution is -2.34. The van der Waals surface area contributed by atoms with E-state index in [1.54, 1.807) is 13.8 Å². The Morgan fingerprint density at radius 2 is 1.82 bits per heavy atom. The van der Waals surface area contributed by atoms with E-state index in [-0.39, 0.29) is 6.54 Å². The van der Waals surface area contributed by atoms with Crippen molar-refractivity contribution in [3.05, 3.63) is 0 Å². The molecule has 0 rings (SSSR count). The van der Waals surface area contributed by atoms with Gasteiger partial charge in [-0.15, -0.1) is 0 Å². The molecule has 0 bridgehead atoms. The second kappa shape index (κ2) is 4.01. The van der Waals surface area contributed by atoms with Crippen molar-refractivity contribution < 1.29 is 12.8 Å². The highest BCUT2D eigenvalue weighted by molar-refractivity contribution is 7.90. The van der Waals surface area contributed by atoms with E-state index in [1.165, 1.54) is 6.92 Å². The molecule has 3 nitrogen and oxygen atoms in total. The van der Waals surface area contributed by atoms with Gasteiger partial charge < -0.3 is 0 Å². The Morgan fingerprint density at radius 1 is 1.36 bits per heavy atom. The van der Waals surface area contributed by atoms with Crippen LogP contribution in [0.2, 0.25) is 0 Å². The van der Waals surface area contributed by atoms with Crippen LogP contribution in [0.25, 0.3) is 0 Å². The van der Waals surface area contributed by atoms with E-state index >= 15 is 0 Å². The van der Waals surface area contributed by atoms with Gasteiger partial charge in [0.1, 0.15) is 6.17 Å². The Labute approximate surface area is 67.0 Å². The lowest BCUT2D eigenvalue weighted by Gasteiger charge is -2.09. The van der Waals surface area contributed by atoms with Crippen LogP contribution >= 0.6 is 0 Å². The Morgan fingerprint density at radius 3 is 2.09 bits per heavy atom. The lowest BCUT2D eigenvalue weighted by atomic mass is 10.5. The van der Waals surface area contributed by atoms with Crippen LogP contribution in [0.4, 0.5) is 4.39 Å². The number of sulfonamides is 1. The SMILES string of the molecule is CC(F)CNS(=O)(=O)C(C)C. The molecule has 5 heteroatoms. The molecule has 11 heavy (non-hydrogen) atoms. The summed E-state index contributed by atoms with van der Waals surface area (Å²) in [4.78, 5) is 0. The molecular formula is C6H14FNO2S. The minimum absolute atomic E-state index is 0.138. The number of halogens is 1. The molecule has 0 amide bonds. The molecule has 0 radical (unpaired) electrons. The van der Waals surface area contributed by atoms with Crippen LogP contribution < -0.4 is 4.72 Å². The minimum atomic E-state index is -3.28. The zero-order valence-corrected chi connectivity index (χ0v) is 7.78. The predicted octanol–water partition coefficient (Wildman–Crippen LogP) is 0.672. The van der Waals surface area contributed by atoms with Crippen LogP contribution in [-0.4, -0.2) is 26.4 Å². The van der Waals surface area contributed by atoms with Gasteiger partial charge in [0.05, 0.1) is 5.25 Å². The molecule has 0 heterocycles. The molecule has 0 aliphatic rings. The maximum atomic E-state index is 12.2. The second-order valence-corrected chi connectivity index (χ2v) is 5.04. The van der Waals surface area contributed by atoms with Crippen molar-refractivity contribution >= 4 is 10.0 Å². The smallest absolute Gasteiger partial charge is 0.214 e. The van der Waals surface area contributed by atoms with E-state index in [9.17, 15) is 12.8 Å². The van der Waals surface area contributed by atoms with Crippen molar-refractivity contribution in [2.45, 2.75) is 32.2 Å². The third-order valence-electron chi connectivity index (χ3n) is 1.19. The van der Waals surface area contributed by atoms with Gasteiger partial charge in [-0.25, -0.2) is 17.5 Å². The molecule has 0 aliphatic heterocycles. The number of rotatable bonds is 4. The van der Waals surface area contributed by atoms with Gasteiger partial charge in [-0.05, 0) is 20.8 Å². The average molecular weight is 183 g/mol. The fourth-order valence-electron chi connectivity index (χ4n) is 0.398. The first-order valence-corrected chi connectivity index (χ1v) is 5.03. The van der Waals surface area contributed by atoms with Gasteiger partial charge in [-0.3, -0.25) is 0 Å². The summed E-state index contributed by atoms with van der Waals surface area (Å²) >= 11 is 0. The zero-order valence-electron chi connectivity index (χ0n) is 6.96. The molecule has 1 atom stereocenters. The van der Waals surface area contributed by atoms with Crippen LogP contribution in [0.1, 0.15) is 20.8 Å². The maximum Gasteiger partial charge on any atom is 0.214 e. The Hall–Kier alpha value is -0.160. The highest BCUT2D eigenvalue weighted by Crippen LogP contribution is 1.96. The second-order valence-electron chi connectivity index (χ2n) is 2.72. The monoisotopic (exact) mass is 183 g/mol. The largest absolute Gasteiger partial charge is 0.246 e. The molecule has 0 aliphatic carbocycles. The molecule has 0 aromatic heterocycles. The first kappa shape index (κ1) is 10.8. The van der Waals surface area contributed by atoms with Crippen LogP contribution in [0, 0.1) is 0 Å². The van der Waals surface area contributed by atoms with Crippen molar-refractivity contribution in [3.8, 4) is 0 Å². The Bertz CT molecular complexity index is 199. The number of alkyl halides is 1. The first-order valence-electron chi connectivity index (χ1n) is 3.49. The average Bonchev–Trinajstić information content (AvgIpc) is 1.84. The van der Waals surface area contributed by atoms with E-state index in [4.69, 9.17) is 0 Å². The number of hydrogen-bond donors (Lipinski definition) is 1. The molecule has 0 aromatic rings. The molecule has 0 aromatic carbocycles. The van der Waals surface area contributed by atoms with E-state index in [0.29, 0.717) is 0 Å². The molecule has 1 unspecified atom stereocenters. The van der Waals surface area contributed by atoms with Gasteiger partial charge in [-0.2, -0.15) is 0 Å². The van der Waals surface area contributed by atoms with Crippen molar-refractivity contribution in [1.29, 1.82) is 0 Å². The summed E-state index contributed by atoms with van der Waals surface area (Å²) in [6.45, 7) is 4.26. The van der Waals surface area contributed by atoms with Gasteiger partial charge >= 0.3 is 0 Å². The fraction of sp³-hybridized carbons (Fsp3) is 1.00. The maximum absolute atomic E-state index is 12.2. The van der Waals surface area contributed by atoms with Gasteiger partial charge in [0.15, 0.2) is 0 Å². The highest BCUT2D eigenvalue weighted by atomic mass is 32.2. The highest BCUT2D eigenvalue weighted by Gasteiger charge is 2.15. The van der Waals surface area contributed by atoms with Crippen molar-refractivity contribution in [2.24, 2.45) is 0 Å². The lowest BCUT2D eigenvalue weighted by molar-refractivity contribution is 0.360. The van der Waals surface area contributed by atoms with Gasteiger partial charge in [0, 0.05) is 6.54 Å². The van der Waals surface area contributed by atoms with Crippen molar-refractivity contribution in [3.63, 3.8) is 0 Å². The Kier molecular flexibility index (Phi) is 3.96. The minimum Gasteiger partial charge on any atom is -0.246 e. The summed E-state index contributed by atoms with van der Waals surface area (Å²) in [7, 11) is -3.28. The summed E-state index contributed by atoms with van der Waals surface area (Å²) in [5, 5.41) is -0.499.